The van der Waals surface area contributed by atoms with Gasteiger partial charge in [0.05, 0.1) is 17.5 Å². The summed E-state index contributed by atoms with van der Waals surface area (Å²) >= 11 is 7.67. The van der Waals surface area contributed by atoms with Crippen molar-refractivity contribution in [1.82, 2.24) is 4.90 Å². The number of rotatable bonds is 3. The Morgan fingerprint density at radius 1 is 1.11 bits per heavy atom. The van der Waals surface area contributed by atoms with E-state index in [9.17, 15) is 13.2 Å². The topological polar surface area (TPSA) is 66.8 Å². The second-order valence-electron chi connectivity index (χ2n) is 6.59. The van der Waals surface area contributed by atoms with E-state index in [0.717, 1.165) is 5.56 Å². The molecule has 2 aliphatic rings. The lowest BCUT2D eigenvalue weighted by molar-refractivity contribution is 0.100. The van der Waals surface area contributed by atoms with Gasteiger partial charge in [-0.05, 0) is 23.8 Å². The van der Waals surface area contributed by atoms with E-state index in [1.807, 2.05) is 29.2 Å². The van der Waals surface area contributed by atoms with Crippen LogP contribution in [0.3, 0.4) is 0 Å². The van der Waals surface area contributed by atoms with Crippen LogP contribution in [0.5, 0.6) is 0 Å². The number of fused-ring (bicyclic) bond motifs is 1. The van der Waals surface area contributed by atoms with Crippen LogP contribution in [0, 0.1) is 0 Å². The summed E-state index contributed by atoms with van der Waals surface area (Å²) in [4.78, 5) is 18.8. The summed E-state index contributed by atoms with van der Waals surface area (Å²) in [6.45, 7) is 0.421. The Balaban J connectivity index is 1.67. The van der Waals surface area contributed by atoms with Gasteiger partial charge in [0.2, 0.25) is 0 Å². The van der Waals surface area contributed by atoms with Crippen LogP contribution in [0.4, 0.5) is 0 Å². The summed E-state index contributed by atoms with van der Waals surface area (Å²) < 4.78 is 24.2. The fraction of sp³-hybridized carbons (Fsp3) is 0.263. The highest BCUT2D eigenvalue weighted by atomic mass is 35.5. The van der Waals surface area contributed by atoms with E-state index >= 15 is 0 Å². The maximum Gasteiger partial charge on any atom is 0.279 e. The van der Waals surface area contributed by atoms with Crippen molar-refractivity contribution in [3.63, 3.8) is 0 Å². The Labute approximate surface area is 167 Å². The third-order valence-corrected chi connectivity index (χ3v) is 8.31. The van der Waals surface area contributed by atoms with E-state index in [1.54, 1.807) is 30.3 Å². The fourth-order valence-corrected chi connectivity index (χ4v) is 7.51. The molecule has 1 amide bonds. The van der Waals surface area contributed by atoms with Gasteiger partial charge >= 0.3 is 0 Å². The molecule has 8 heteroatoms. The van der Waals surface area contributed by atoms with Gasteiger partial charge in [-0.3, -0.25) is 4.79 Å². The lowest BCUT2D eigenvalue weighted by Crippen LogP contribution is -2.37. The molecular weight excluding hydrogens is 404 g/mol. The lowest BCUT2D eigenvalue weighted by atomic mass is 10.1. The highest BCUT2D eigenvalue weighted by Gasteiger charge is 2.48. The molecule has 140 valence electrons. The highest BCUT2D eigenvalue weighted by Crippen LogP contribution is 2.39. The molecule has 5 nitrogen and oxygen atoms in total. The number of carbonyl (C=O) groups excluding carboxylic acids is 1. The zero-order valence-corrected chi connectivity index (χ0v) is 16.7. The summed E-state index contributed by atoms with van der Waals surface area (Å²) in [5, 5.41) is 1.06. The maximum absolute atomic E-state index is 12.5. The van der Waals surface area contributed by atoms with Crippen molar-refractivity contribution < 1.29 is 13.2 Å². The summed E-state index contributed by atoms with van der Waals surface area (Å²) in [7, 11) is -3.08. The predicted molar refractivity (Wildman–Crippen MR) is 109 cm³/mol. The van der Waals surface area contributed by atoms with Crippen molar-refractivity contribution in [2.24, 2.45) is 4.99 Å². The zero-order chi connectivity index (χ0) is 19.0. The van der Waals surface area contributed by atoms with Gasteiger partial charge in [0.1, 0.15) is 0 Å². The van der Waals surface area contributed by atoms with E-state index < -0.39 is 9.84 Å². The lowest BCUT2D eigenvalue weighted by Gasteiger charge is -2.25. The third-order valence-electron chi connectivity index (χ3n) is 4.69. The van der Waals surface area contributed by atoms with Crippen molar-refractivity contribution in [2.45, 2.75) is 17.8 Å². The van der Waals surface area contributed by atoms with Crippen LogP contribution in [0.2, 0.25) is 5.02 Å². The molecule has 2 aromatic carbocycles. The van der Waals surface area contributed by atoms with Crippen molar-refractivity contribution in [3.05, 3.63) is 70.7 Å². The fourth-order valence-electron chi connectivity index (χ4n) is 3.36. The van der Waals surface area contributed by atoms with Gasteiger partial charge in [-0.2, -0.15) is 4.99 Å². The standard InChI is InChI=1S/C19H17ClN2O3S2/c20-15-9-5-4-8-14(15)10-22-16-11-27(24,25)12-17(16)26-19(22)21-18(23)13-6-2-1-3-7-13/h1-9,16-17H,10-12H2/t16-,17+/m1/s1. The number of aliphatic imine (C=N–C) groups is 1. The molecule has 0 aliphatic carbocycles. The van der Waals surface area contributed by atoms with E-state index in [-0.39, 0.29) is 28.7 Å². The molecule has 2 fully saturated rings. The number of sulfone groups is 1. The predicted octanol–water partition coefficient (Wildman–Crippen LogP) is 3.25. The Morgan fingerprint density at radius 3 is 2.56 bits per heavy atom. The first kappa shape index (κ1) is 18.5. The number of benzene rings is 2. The molecule has 4 rings (SSSR count). The molecule has 2 aliphatic heterocycles. The Hall–Kier alpha value is -1.83. The van der Waals surface area contributed by atoms with Gasteiger partial charge in [-0.25, -0.2) is 8.42 Å². The Kier molecular flexibility index (Phi) is 5.01. The molecule has 27 heavy (non-hydrogen) atoms. The SMILES string of the molecule is O=C(N=C1S[C@H]2CS(=O)(=O)C[C@H]2N1Cc1ccccc1Cl)c1ccccc1. The third kappa shape index (κ3) is 3.90. The van der Waals surface area contributed by atoms with E-state index in [0.29, 0.717) is 22.3 Å². The largest absolute Gasteiger partial charge is 0.342 e. The minimum Gasteiger partial charge on any atom is -0.342 e. The molecule has 0 N–H and O–H groups in total. The van der Waals surface area contributed by atoms with Gasteiger partial charge in [0.25, 0.3) is 5.91 Å². The number of nitrogens with zero attached hydrogens (tertiary/aromatic N) is 2. The average molecular weight is 421 g/mol. The molecule has 0 bridgehead atoms. The summed E-state index contributed by atoms with van der Waals surface area (Å²) in [6.07, 6.45) is 0. The molecule has 2 atom stereocenters. The van der Waals surface area contributed by atoms with Crippen LogP contribution in [-0.2, 0) is 16.4 Å². The average Bonchev–Trinajstić information content (AvgIpc) is 3.10. The van der Waals surface area contributed by atoms with Crippen LogP contribution < -0.4 is 0 Å². The minimum atomic E-state index is -3.08. The normalized spacial score (nSPS) is 24.9. The van der Waals surface area contributed by atoms with Gasteiger partial charge in [-0.1, -0.05) is 59.8 Å². The van der Waals surface area contributed by atoms with E-state index in [2.05, 4.69) is 4.99 Å². The van der Waals surface area contributed by atoms with Crippen LogP contribution in [0.25, 0.3) is 0 Å². The molecular formula is C19H17ClN2O3S2. The van der Waals surface area contributed by atoms with Crippen molar-refractivity contribution >= 4 is 44.3 Å². The highest BCUT2D eigenvalue weighted by molar-refractivity contribution is 8.15. The minimum absolute atomic E-state index is 0.0771. The second kappa shape index (κ2) is 7.30. The summed E-state index contributed by atoms with van der Waals surface area (Å²) in [5.41, 5.74) is 1.39. The van der Waals surface area contributed by atoms with Gasteiger partial charge in [0.15, 0.2) is 15.0 Å². The van der Waals surface area contributed by atoms with Crippen LogP contribution in [0.1, 0.15) is 15.9 Å². The van der Waals surface area contributed by atoms with Gasteiger partial charge in [0, 0.05) is 22.4 Å². The number of halogens is 1. The van der Waals surface area contributed by atoms with Crippen molar-refractivity contribution in [2.75, 3.05) is 11.5 Å². The summed E-state index contributed by atoms with van der Waals surface area (Å²) in [6, 6.07) is 16.1. The quantitative estimate of drug-likeness (QED) is 0.762. The smallest absolute Gasteiger partial charge is 0.279 e. The van der Waals surface area contributed by atoms with Crippen molar-refractivity contribution in [1.29, 1.82) is 0 Å². The Morgan fingerprint density at radius 2 is 1.81 bits per heavy atom. The van der Waals surface area contributed by atoms with E-state index in [4.69, 9.17) is 11.6 Å². The van der Waals surface area contributed by atoms with Gasteiger partial charge < -0.3 is 4.90 Å². The number of hydrogen-bond donors (Lipinski definition) is 0. The van der Waals surface area contributed by atoms with Gasteiger partial charge in [-0.15, -0.1) is 0 Å². The molecule has 0 spiro atoms. The van der Waals surface area contributed by atoms with Crippen LogP contribution in [0.15, 0.2) is 59.6 Å². The number of hydrogen-bond acceptors (Lipinski definition) is 4. The van der Waals surface area contributed by atoms with E-state index in [1.165, 1.54) is 11.8 Å². The number of amides is 1. The first-order chi connectivity index (χ1) is 12.9. The molecule has 2 heterocycles. The zero-order valence-electron chi connectivity index (χ0n) is 14.3. The van der Waals surface area contributed by atoms with Crippen molar-refractivity contribution in [3.8, 4) is 0 Å². The van der Waals surface area contributed by atoms with Crippen LogP contribution in [-0.4, -0.2) is 47.2 Å². The first-order valence-electron chi connectivity index (χ1n) is 8.48. The molecule has 0 aromatic heterocycles. The number of thioether (sulfide) groups is 1. The molecule has 0 unspecified atom stereocenters. The monoisotopic (exact) mass is 420 g/mol. The molecule has 0 radical (unpaired) electrons. The molecule has 2 aromatic rings. The summed E-state index contributed by atoms with van der Waals surface area (Å²) in [5.74, 6) is -0.141. The second-order valence-corrected chi connectivity index (χ2v) is 10.4. The molecule has 0 saturated carbocycles. The molecule has 2 saturated heterocycles. The number of amidine groups is 1. The maximum atomic E-state index is 12.5. The first-order valence-corrected chi connectivity index (χ1v) is 11.6. The van der Waals surface area contributed by atoms with Crippen LogP contribution >= 0.6 is 23.4 Å². The Bertz CT molecular complexity index is 1010. The number of carbonyl (C=O) groups is 1.